The number of aromatic nitrogens is 1. The number of pyridine rings is 1. The Morgan fingerprint density at radius 1 is 1.38 bits per heavy atom. The number of aliphatic hydroxyl groups excluding tert-OH is 1. The Balaban J connectivity index is 2.18. The van der Waals surface area contributed by atoms with Crippen LogP contribution >= 0.6 is 0 Å². The number of fused-ring (bicyclic) bond motifs is 1. The summed E-state index contributed by atoms with van der Waals surface area (Å²) in [5.41, 5.74) is 1.06. The van der Waals surface area contributed by atoms with E-state index in [0.29, 0.717) is 23.5 Å². The van der Waals surface area contributed by atoms with E-state index in [9.17, 15) is 9.90 Å². The first-order valence-electron chi connectivity index (χ1n) is 6.98. The quantitative estimate of drug-likeness (QED) is 0.865. The van der Waals surface area contributed by atoms with Crippen LogP contribution in [-0.4, -0.2) is 38.5 Å². The second kappa shape index (κ2) is 5.44. The van der Waals surface area contributed by atoms with Crippen LogP contribution in [-0.2, 0) is 4.79 Å². The highest BCUT2D eigenvalue weighted by molar-refractivity contribution is 6.10. The van der Waals surface area contributed by atoms with Crippen LogP contribution in [0.1, 0.15) is 19.8 Å². The molecule has 0 aliphatic carbocycles. The van der Waals surface area contributed by atoms with E-state index in [4.69, 9.17) is 0 Å². The zero-order valence-corrected chi connectivity index (χ0v) is 11.7. The molecule has 0 bridgehead atoms. The topological polar surface area (TPSA) is 65.6 Å². The molecule has 2 aliphatic heterocycles. The first-order chi connectivity index (χ1) is 10.2. The number of dihydropyridines is 1. The molecular weight excluding hydrogens is 266 g/mol. The monoisotopic (exact) mass is 282 g/mol. The first-order valence-corrected chi connectivity index (χ1v) is 6.98. The second-order valence-corrected chi connectivity index (χ2v) is 4.93. The van der Waals surface area contributed by atoms with E-state index in [1.54, 1.807) is 41.3 Å². The van der Waals surface area contributed by atoms with Gasteiger partial charge in [-0.25, -0.2) is 4.79 Å². The molecule has 0 saturated heterocycles. The summed E-state index contributed by atoms with van der Waals surface area (Å²) in [7, 11) is 0. The van der Waals surface area contributed by atoms with Crippen molar-refractivity contribution in [3.05, 3.63) is 47.9 Å². The number of hydrogen-bond donors (Lipinski definition) is 1. The number of carbonyl (C=O) groups excluding carboxylic acids is 1. The average molecular weight is 282 g/mol. The molecule has 2 aliphatic rings. The van der Waals surface area contributed by atoms with Crippen LogP contribution in [0.3, 0.4) is 0 Å². The predicted molar refractivity (Wildman–Crippen MR) is 80.2 cm³/mol. The van der Waals surface area contributed by atoms with Crippen LogP contribution in [0.2, 0.25) is 0 Å². The van der Waals surface area contributed by atoms with Gasteiger partial charge in [-0.1, -0.05) is 19.4 Å². The zero-order chi connectivity index (χ0) is 14.8. The molecule has 1 N–H and O–H groups in total. The molecule has 1 amide bonds. The number of nitrogens with zero attached hydrogens (tertiary/aromatic N) is 3. The van der Waals surface area contributed by atoms with E-state index in [1.807, 2.05) is 13.0 Å². The fraction of sp³-hybridized carbons (Fsp3) is 0.250. The molecular formula is C16H16N3O2+. The number of aliphatic imine (C=N–C) groups is 1. The van der Waals surface area contributed by atoms with Crippen LogP contribution in [0.4, 0.5) is 5.82 Å². The summed E-state index contributed by atoms with van der Waals surface area (Å²) < 4.78 is 1.54. The molecule has 0 saturated carbocycles. The summed E-state index contributed by atoms with van der Waals surface area (Å²) in [6.45, 7) is 1.97. The normalized spacial score (nSPS) is 21.0. The lowest BCUT2D eigenvalue weighted by Crippen LogP contribution is -2.40. The van der Waals surface area contributed by atoms with Gasteiger partial charge in [0, 0.05) is 12.3 Å². The van der Waals surface area contributed by atoms with Gasteiger partial charge in [-0.05, 0) is 29.6 Å². The van der Waals surface area contributed by atoms with Crippen molar-refractivity contribution in [2.45, 2.75) is 25.8 Å². The summed E-state index contributed by atoms with van der Waals surface area (Å²) in [4.78, 5) is 21.3. The Kier molecular flexibility index (Phi) is 3.48. The Hall–Kier alpha value is -2.56. The van der Waals surface area contributed by atoms with Crippen molar-refractivity contribution in [2.75, 3.05) is 0 Å². The highest BCUT2D eigenvalue weighted by Gasteiger charge is 2.39. The van der Waals surface area contributed by atoms with Gasteiger partial charge >= 0.3 is 11.7 Å². The third kappa shape index (κ3) is 2.20. The fourth-order valence-corrected chi connectivity index (χ4v) is 2.59. The van der Waals surface area contributed by atoms with E-state index in [2.05, 4.69) is 9.98 Å². The summed E-state index contributed by atoms with van der Waals surface area (Å²) in [5, 5.41) is 10.4. The van der Waals surface area contributed by atoms with Gasteiger partial charge in [0.25, 0.3) is 0 Å². The molecule has 0 aromatic carbocycles. The average Bonchev–Trinajstić information content (AvgIpc) is 2.53. The smallest absolute Gasteiger partial charge is 0.345 e. The summed E-state index contributed by atoms with van der Waals surface area (Å²) in [6, 6.07) is 4.89. The van der Waals surface area contributed by atoms with E-state index in [1.165, 1.54) is 0 Å². The third-order valence-electron chi connectivity index (χ3n) is 3.53. The molecule has 0 fully saturated rings. The molecule has 1 aromatic heterocycles. The van der Waals surface area contributed by atoms with E-state index < -0.39 is 6.04 Å². The van der Waals surface area contributed by atoms with Crippen LogP contribution in [0, 0.1) is 0 Å². The van der Waals surface area contributed by atoms with Gasteiger partial charge in [-0.2, -0.15) is 4.58 Å². The van der Waals surface area contributed by atoms with Crippen molar-refractivity contribution in [1.29, 1.82) is 0 Å². The Bertz CT molecular complexity index is 699. The maximum absolute atomic E-state index is 12.7. The molecule has 106 valence electrons. The lowest BCUT2D eigenvalue weighted by atomic mass is 9.95. The summed E-state index contributed by atoms with van der Waals surface area (Å²) in [5.74, 6) is 0.385. The molecule has 3 heterocycles. The van der Waals surface area contributed by atoms with Gasteiger partial charge in [0.1, 0.15) is 17.7 Å². The van der Waals surface area contributed by atoms with Crippen molar-refractivity contribution < 1.29 is 14.5 Å². The minimum absolute atomic E-state index is 0.0598. The second-order valence-electron chi connectivity index (χ2n) is 4.93. The van der Waals surface area contributed by atoms with Crippen LogP contribution in [0.15, 0.2) is 52.9 Å². The van der Waals surface area contributed by atoms with Crippen LogP contribution < -0.4 is 0 Å². The van der Waals surface area contributed by atoms with Crippen molar-refractivity contribution in [3.63, 3.8) is 0 Å². The van der Waals surface area contributed by atoms with Gasteiger partial charge in [-0.3, -0.25) is 4.99 Å². The lowest BCUT2D eigenvalue weighted by molar-refractivity contribution is -0.369. The molecule has 1 atom stereocenters. The van der Waals surface area contributed by atoms with Gasteiger partial charge in [0.05, 0.1) is 5.57 Å². The zero-order valence-electron chi connectivity index (χ0n) is 11.7. The Morgan fingerprint density at radius 3 is 2.95 bits per heavy atom. The highest BCUT2D eigenvalue weighted by Crippen LogP contribution is 2.27. The first kappa shape index (κ1) is 13.4. The molecule has 0 spiro atoms. The molecule has 1 aromatic rings. The minimum Gasteiger partial charge on any atom is -0.509 e. The Labute approximate surface area is 122 Å². The van der Waals surface area contributed by atoms with E-state index >= 15 is 0 Å². The number of allylic oxidation sites excluding steroid dienone is 1. The Morgan fingerprint density at radius 2 is 2.24 bits per heavy atom. The maximum atomic E-state index is 12.7. The minimum atomic E-state index is -0.517. The standard InChI is InChI=1S/C16H15N3O2/c1-2-6-11-15(20)14-12(7-5-10-18-14)19(16(11)21)13-8-3-4-9-17-13/h3-5,7-10,14H,2,6H2,1H3/p+1. The predicted octanol–water partition coefficient (Wildman–Crippen LogP) is 2.33. The fourth-order valence-electron chi connectivity index (χ4n) is 2.59. The number of rotatable bonds is 3. The van der Waals surface area contributed by atoms with Crippen molar-refractivity contribution >= 4 is 23.7 Å². The molecule has 1 unspecified atom stereocenters. The lowest BCUT2D eigenvalue weighted by Gasteiger charge is -2.23. The number of carbonyl (C=O) groups is 1. The van der Waals surface area contributed by atoms with Crippen molar-refractivity contribution in [2.24, 2.45) is 4.99 Å². The third-order valence-corrected chi connectivity index (χ3v) is 3.53. The largest absolute Gasteiger partial charge is 0.509 e. The van der Waals surface area contributed by atoms with E-state index in [-0.39, 0.29) is 11.7 Å². The van der Waals surface area contributed by atoms with Crippen LogP contribution in [0.25, 0.3) is 0 Å². The maximum Gasteiger partial charge on any atom is 0.345 e. The molecule has 5 nitrogen and oxygen atoms in total. The number of amides is 1. The molecule has 3 rings (SSSR count). The highest BCUT2D eigenvalue weighted by atomic mass is 16.3. The number of aliphatic hydroxyl groups is 1. The molecule has 0 radical (unpaired) electrons. The SMILES string of the molecule is CCCC1=C(O)C2N=CC=CC2=[N+](c2ccccn2)C1=O. The van der Waals surface area contributed by atoms with E-state index in [0.717, 1.165) is 6.42 Å². The van der Waals surface area contributed by atoms with Crippen LogP contribution in [0.5, 0.6) is 0 Å². The summed E-state index contributed by atoms with van der Waals surface area (Å²) in [6.07, 6.45) is 8.14. The summed E-state index contributed by atoms with van der Waals surface area (Å²) >= 11 is 0. The molecule has 21 heavy (non-hydrogen) atoms. The van der Waals surface area contributed by atoms with Gasteiger partial charge in [-0.15, -0.1) is 0 Å². The van der Waals surface area contributed by atoms with Gasteiger partial charge < -0.3 is 5.11 Å². The van der Waals surface area contributed by atoms with Crippen molar-refractivity contribution in [1.82, 2.24) is 4.98 Å². The van der Waals surface area contributed by atoms with Crippen molar-refractivity contribution in [3.8, 4) is 0 Å². The molecule has 5 heteroatoms. The van der Waals surface area contributed by atoms with Gasteiger partial charge in [0.15, 0.2) is 6.04 Å². The number of hydrogen-bond acceptors (Lipinski definition) is 4. The van der Waals surface area contributed by atoms with Gasteiger partial charge in [0.2, 0.25) is 0 Å².